The maximum Gasteiger partial charge on any atom is 0.316 e. The van der Waals surface area contributed by atoms with Gasteiger partial charge in [0.15, 0.2) is 0 Å². The zero-order valence-corrected chi connectivity index (χ0v) is 14.0. The molecule has 0 heterocycles. The molecule has 0 N–H and O–H groups in total. The Bertz CT molecular complexity index is 662. The summed E-state index contributed by atoms with van der Waals surface area (Å²) in [5, 5.41) is 0. The molecule has 0 bridgehead atoms. The van der Waals surface area contributed by atoms with Crippen molar-refractivity contribution >= 4 is 5.97 Å². The molecule has 4 heteroatoms. The third kappa shape index (κ3) is 3.83. The molecule has 4 nitrogen and oxygen atoms in total. The van der Waals surface area contributed by atoms with Crippen LogP contribution in [0.3, 0.4) is 0 Å². The van der Waals surface area contributed by atoms with Crippen LogP contribution in [0.1, 0.15) is 25.0 Å². The molecule has 0 aliphatic heterocycles. The highest BCUT2D eigenvalue weighted by Gasteiger charge is 2.31. The van der Waals surface area contributed by atoms with Gasteiger partial charge in [-0.05, 0) is 37.6 Å². The molecular formula is C19H22O4. The molecule has 2 aromatic rings. The van der Waals surface area contributed by atoms with Gasteiger partial charge in [0.1, 0.15) is 18.1 Å². The number of carbonyl (C=O) groups is 1. The SMILES string of the molecule is COc1ccc(OC)c(COC(=O)C(C)(C)c2ccccc2)c1. The Kier molecular flexibility index (Phi) is 5.27. The van der Waals surface area contributed by atoms with Gasteiger partial charge in [-0.1, -0.05) is 30.3 Å². The largest absolute Gasteiger partial charge is 0.497 e. The van der Waals surface area contributed by atoms with Gasteiger partial charge in [0.05, 0.1) is 19.6 Å². The number of hydrogen-bond donors (Lipinski definition) is 0. The quantitative estimate of drug-likeness (QED) is 0.762. The number of hydrogen-bond acceptors (Lipinski definition) is 4. The zero-order valence-electron chi connectivity index (χ0n) is 14.0. The van der Waals surface area contributed by atoms with Gasteiger partial charge in [0.2, 0.25) is 0 Å². The number of methoxy groups -OCH3 is 2. The molecule has 0 fully saturated rings. The number of esters is 1. The first-order valence-electron chi connectivity index (χ1n) is 7.42. The molecule has 122 valence electrons. The lowest BCUT2D eigenvalue weighted by molar-refractivity contribution is -0.150. The van der Waals surface area contributed by atoms with E-state index < -0.39 is 5.41 Å². The molecule has 0 aromatic heterocycles. The van der Waals surface area contributed by atoms with Gasteiger partial charge in [0, 0.05) is 5.56 Å². The van der Waals surface area contributed by atoms with Crippen molar-refractivity contribution in [1.29, 1.82) is 0 Å². The summed E-state index contributed by atoms with van der Waals surface area (Å²) in [5.74, 6) is 1.07. The fourth-order valence-corrected chi connectivity index (χ4v) is 2.29. The Hall–Kier alpha value is -2.49. The van der Waals surface area contributed by atoms with Crippen molar-refractivity contribution in [2.75, 3.05) is 14.2 Å². The van der Waals surface area contributed by atoms with E-state index in [1.807, 2.05) is 50.2 Å². The van der Waals surface area contributed by atoms with E-state index >= 15 is 0 Å². The van der Waals surface area contributed by atoms with Gasteiger partial charge in [-0.15, -0.1) is 0 Å². The van der Waals surface area contributed by atoms with Crippen LogP contribution in [0.4, 0.5) is 0 Å². The van der Waals surface area contributed by atoms with Crippen molar-refractivity contribution in [3.63, 3.8) is 0 Å². The fraction of sp³-hybridized carbons (Fsp3) is 0.316. The number of rotatable bonds is 6. The standard InChI is InChI=1S/C19H22O4/c1-19(2,15-8-6-5-7-9-15)18(20)23-13-14-12-16(21-3)10-11-17(14)22-4/h5-12H,13H2,1-4H3. The molecule has 0 atom stereocenters. The predicted octanol–water partition coefficient (Wildman–Crippen LogP) is 3.72. The van der Waals surface area contributed by atoms with E-state index in [9.17, 15) is 4.79 Å². The number of benzene rings is 2. The van der Waals surface area contributed by atoms with Crippen LogP contribution >= 0.6 is 0 Å². The number of carbonyl (C=O) groups excluding carboxylic acids is 1. The monoisotopic (exact) mass is 314 g/mol. The lowest BCUT2D eigenvalue weighted by atomic mass is 9.85. The summed E-state index contributed by atoms with van der Waals surface area (Å²) in [7, 11) is 3.18. The molecule has 23 heavy (non-hydrogen) atoms. The van der Waals surface area contributed by atoms with Crippen molar-refractivity contribution in [2.24, 2.45) is 0 Å². The molecule has 2 aromatic carbocycles. The average Bonchev–Trinajstić information content (AvgIpc) is 2.59. The van der Waals surface area contributed by atoms with E-state index in [1.54, 1.807) is 26.4 Å². The Balaban J connectivity index is 2.13. The van der Waals surface area contributed by atoms with Crippen molar-refractivity contribution in [3.8, 4) is 11.5 Å². The molecule has 0 amide bonds. The minimum Gasteiger partial charge on any atom is -0.497 e. The van der Waals surface area contributed by atoms with E-state index in [2.05, 4.69) is 0 Å². The average molecular weight is 314 g/mol. The highest BCUT2D eigenvalue weighted by molar-refractivity contribution is 5.82. The van der Waals surface area contributed by atoms with Gasteiger partial charge < -0.3 is 14.2 Å². The first kappa shape index (κ1) is 16.9. The topological polar surface area (TPSA) is 44.8 Å². The molecular weight excluding hydrogens is 292 g/mol. The van der Waals surface area contributed by atoms with Crippen LogP contribution in [0.15, 0.2) is 48.5 Å². The van der Waals surface area contributed by atoms with Crippen molar-refractivity contribution in [3.05, 3.63) is 59.7 Å². The van der Waals surface area contributed by atoms with Gasteiger partial charge in [0.25, 0.3) is 0 Å². The van der Waals surface area contributed by atoms with Crippen LogP contribution in [0.25, 0.3) is 0 Å². The van der Waals surface area contributed by atoms with E-state index in [0.717, 1.165) is 11.1 Å². The first-order valence-corrected chi connectivity index (χ1v) is 7.42. The van der Waals surface area contributed by atoms with Crippen molar-refractivity contribution in [1.82, 2.24) is 0 Å². The zero-order chi connectivity index (χ0) is 16.9. The molecule has 2 rings (SSSR count). The molecule has 0 saturated carbocycles. The van der Waals surface area contributed by atoms with Gasteiger partial charge >= 0.3 is 5.97 Å². The van der Waals surface area contributed by atoms with Gasteiger partial charge in [-0.25, -0.2) is 0 Å². The Morgan fingerprint density at radius 3 is 2.30 bits per heavy atom. The summed E-state index contributed by atoms with van der Waals surface area (Å²) in [5.41, 5.74) is 0.972. The third-order valence-electron chi connectivity index (χ3n) is 3.85. The summed E-state index contributed by atoms with van der Waals surface area (Å²) < 4.78 is 16.0. The Morgan fingerprint density at radius 1 is 1.00 bits per heavy atom. The van der Waals surface area contributed by atoms with Crippen molar-refractivity contribution < 1.29 is 19.0 Å². The summed E-state index contributed by atoms with van der Waals surface area (Å²) in [6.45, 7) is 3.84. The van der Waals surface area contributed by atoms with Crippen molar-refractivity contribution in [2.45, 2.75) is 25.9 Å². The highest BCUT2D eigenvalue weighted by atomic mass is 16.5. The maximum absolute atomic E-state index is 12.5. The molecule has 0 aliphatic rings. The lowest BCUT2D eigenvalue weighted by Crippen LogP contribution is -2.31. The minimum atomic E-state index is -0.715. The first-order chi connectivity index (χ1) is 11.0. The summed E-state index contributed by atoms with van der Waals surface area (Å²) in [4.78, 5) is 12.5. The van der Waals surface area contributed by atoms with Crippen LogP contribution in [-0.4, -0.2) is 20.2 Å². The summed E-state index contributed by atoms with van der Waals surface area (Å²) in [6.07, 6.45) is 0. The number of ether oxygens (including phenoxy) is 3. The molecule has 0 unspecified atom stereocenters. The molecule has 0 spiro atoms. The van der Waals surface area contributed by atoms with Crippen LogP contribution < -0.4 is 9.47 Å². The van der Waals surface area contributed by atoms with E-state index in [1.165, 1.54) is 0 Å². The van der Waals surface area contributed by atoms with Gasteiger partial charge in [-0.3, -0.25) is 4.79 Å². The molecule has 0 aliphatic carbocycles. The fourth-order valence-electron chi connectivity index (χ4n) is 2.29. The third-order valence-corrected chi connectivity index (χ3v) is 3.85. The second-order valence-corrected chi connectivity index (χ2v) is 5.74. The Morgan fingerprint density at radius 2 is 1.70 bits per heavy atom. The Labute approximate surface area is 137 Å². The van der Waals surface area contributed by atoms with E-state index in [-0.39, 0.29) is 12.6 Å². The highest BCUT2D eigenvalue weighted by Crippen LogP contribution is 2.28. The minimum absolute atomic E-state index is 0.134. The van der Waals surface area contributed by atoms with Crippen LogP contribution in [0.2, 0.25) is 0 Å². The van der Waals surface area contributed by atoms with E-state index in [0.29, 0.717) is 11.5 Å². The van der Waals surface area contributed by atoms with E-state index in [4.69, 9.17) is 14.2 Å². The smallest absolute Gasteiger partial charge is 0.316 e. The predicted molar refractivity (Wildman–Crippen MR) is 88.8 cm³/mol. The van der Waals surface area contributed by atoms with Crippen LogP contribution in [-0.2, 0) is 21.6 Å². The van der Waals surface area contributed by atoms with Gasteiger partial charge in [-0.2, -0.15) is 0 Å². The van der Waals surface area contributed by atoms with Crippen LogP contribution in [0.5, 0.6) is 11.5 Å². The normalized spacial score (nSPS) is 11.0. The summed E-state index contributed by atoms with van der Waals surface area (Å²) >= 11 is 0. The molecule has 0 radical (unpaired) electrons. The van der Waals surface area contributed by atoms with Crippen LogP contribution in [0, 0.1) is 0 Å². The summed E-state index contributed by atoms with van der Waals surface area (Å²) in [6, 6.07) is 15.0. The second kappa shape index (κ2) is 7.18. The second-order valence-electron chi connectivity index (χ2n) is 5.74. The lowest BCUT2D eigenvalue weighted by Gasteiger charge is -2.23. The molecule has 0 saturated heterocycles. The maximum atomic E-state index is 12.5.